The van der Waals surface area contributed by atoms with Gasteiger partial charge in [-0.2, -0.15) is 0 Å². The van der Waals surface area contributed by atoms with Crippen LogP contribution in [0.2, 0.25) is 5.02 Å². The molecular formula is C15H24ClINO4P. The van der Waals surface area contributed by atoms with Gasteiger partial charge < -0.3 is 19.7 Å². The van der Waals surface area contributed by atoms with Crippen LogP contribution < -0.4 is 5.32 Å². The lowest BCUT2D eigenvalue weighted by Crippen LogP contribution is -2.21. The van der Waals surface area contributed by atoms with Crippen molar-refractivity contribution in [1.82, 2.24) is 5.32 Å². The van der Waals surface area contributed by atoms with E-state index >= 15 is 0 Å². The molecule has 0 heterocycles. The molecule has 0 spiro atoms. The van der Waals surface area contributed by atoms with Crippen LogP contribution >= 0.6 is 41.6 Å². The fourth-order valence-electron chi connectivity index (χ4n) is 1.98. The average molecular weight is 476 g/mol. The van der Waals surface area contributed by atoms with Crippen LogP contribution in [-0.4, -0.2) is 36.8 Å². The van der Waals surface area contributed by atoms with Crippen LogP contribution in [0.25, 0.3) is 0 Å². The van der Waals surface area contributed by atoms with Crippen LogP contribution in [0.5, 0.6) is 0 Å². The van der Waals surface area contributed by atoms with E-state index in [0.717, 1.165) is 14.2 Å². The van der Waals surface area contributed by atoms with Crippen LogP contribution in [-0.2, 0) is 20.6 Å². The van der Waals surface area contributed by atoms with Gasteiger partial charge in [0.2, 0.25) is 6.03 Å². The molecule has 23 heavy (non-hydrogen) atoms. The van der Waals surface area contributed by atoms with Gasteiger partial charge in [0.1, 0.15) is 0 Å². The Morgan fingerprint density at radius 3 is 2.57 bits per heavy atom. The Kier molecular flexibility index (Phi) is 10.2. The summed E-state index contributed by atoms with van der Waals surface area (Å²) < 4.78 is 23.7. The second-order valence-corrected chi connectivity index (χ2v) is 8.93. The number of hydrogen-bond acceptors (Lipinski definition) is 4. The lowest BCUT2D eigenvalue weighted by molar-refractivity contribution is -0.0871. The summed E-state index contributed by atoms with van der Waals surface area (Å²) in [5.41, 5.74) is 1.13. The Morgan fingerprint density at radius 1 is 1.35 bits per heavy atom. The minimum Gasteiger partial charge on any atom is -0.345 e. The maximum Gasteiger partial charge on any atom is 0.255 e. The largest absolute Gasteiger partial charge is 0.345 e. The van der Waals surface area contributed by atoms with Crippen molar-refractivity contribution in [1.29, 1.82) is 0 Å². The first kappa shape index (κ1) is 21.4. The summed E-state index contributed by atoms with van der Waals surface area (Å²) in [6, 6.07) is 4.84. The number of rotatable bonds is 11. The van der Waals surface area contributed by atoms with Gasteiger partial charge >= 0.3 is 0 Å². The first-order chi connectivity index (χ1) is 10.9. The number of hydrogen-bond donors (Lipinski definition) is 2. The fraction of sp³-hybridized carbons (Fsp3) is 0.600. The highest BCUT2D eigenvalue weighted by atomic mass is 127. The van der Waals surface area contributed by atoms with Crippen LogP contribution in [0.15, 0.2) is 18.2 Å². The van der Waals surface area contributed by atoms with Crippen molar-refractivity contribution in [2.75, 3.05) is 25.9 Å². The lowest BCUT2D eigenvalue weighted by Gasteiger charge is -2.22. The molecule has 0 aromatic heterocycles. The molecular weight excluding hydrogens is 451 g/mol. The average Bonchev–Trinajstić information content (AvgIpc) is 2.50. The SMILES string of the molecule is CCOC(OCC)P(=O)(O)CCCNCc1ccc(Cl)c(I)c1. The Balaban J connectivity index is 2.34. The van der Waals surface area contributed by atoms with E-state index in [9.17, 15) is 9.46 Å². The van der Waals surface area contributed by atoms with Crippen molar-refractivity contribution in [3.8, 4) is 0 Å². The summed E-state index contributed by atoms with van der Waals surface area (Å²) in [4.78, 5) is 10.1. The Hall–Kier alpha value is 0.310. The van der Waals surface area contributed by atoms with Gasteiger partial charge in [0, 0.05) is 29.5 Å². The predicted molar refractivity (Wildman–Crippen MR) is 102 cm³/mol. The van der Waals surface area contributed by atoms with Crippen LogP contribution in [0.3, 0.4) is 0 Å². The molecule has 1 rings (SSSR count). The summed E-state index contributed by atoms with van der Waals surface area (Å²) in [5, 5.41) is 4.01. The van der Waals surface area contributed by atoms with E-state index in [2.05, 4.69) is 27.9 Å². The minimum absolute atomic E-state index is 0.169. The van der Waals surface area contributed by atoms with Gasteiger partial charge in [-0.1, -0.05) is 17.7 Å². The van der Waals surface area contributed by atoms with Crippen molar-refractivity contribution >= 4 is 41.6 Å². The first-order valence-corrected chi connectivity index (χ1v) is 11.0. The zero-order valence-corrected chi connectivity index (χ0v) is 17.2. The topological polar surface area (TPSA) is 67.8 Å². The molecule has 1 aromatic carbocycles. The molecule has 0 aliphatic carbocycles. The first-order valence-electron chi connectivity index (χ1n) is 7.60. The maximum absolute atomic E-state index is 12.3. The third kappa shape index (κ3) is 7.82. The molecule has 0 bridgehead atoms. The van der Waals surface area contributed by atoms with Gasteiger partial charge in [0.15, 0.2) is 0 Å². The van der Waals surface area contributed by atoms with E-state index in [-0.39, 0.29) is 6.16 Å². The molecule has 0 saturated carbocycles. The molecule has 0 saturated heterocycles. The summed E-state index contributed by atoms with van der Waals surface area (Å²) in [6.07, 6.45) is 0.748. The number of nitrogens with one attached hydrogen (secondary N) is 1. The second-order valence-electron chi connectivity index (χ2n) is 4.98. The third-order valence-corrected chi connectivity index (χ3v) is 6.55. The second kappa shape index (κ2) is 11.0. The monoisotopic (exact) mass is 475 g/mol. The molecule has 1 unspecified atom stereocenters. The number of ether oxygens (including phenoxy) is 2. The highest BCUT2D eigenvalue weighted by Gasteiger charge is 2.31. The smallest absolute Gasteiger partial charge is 0.255 e. The third-order valence-electron chi connectivity index (χ3n) is 3.09. The standard InChI is InChI=1S/C15H24ClINO4P/c1-3-21-15(22-4-2)23(19,20)9-5-8-18-11-12-6-7-13(16)14(17)10-12/h6-7,10,15,18H,3-5,8-9,11H2,1-2H3,(H,19,20). The quantitative estimate of drug-likeness (QED) is 0.219. The summed E-state index contributed by atoms with van der Waals surface area (Å²) in [7, 11) is -3.47. The van der Waals surface area contributed by atoms with E-state index in [1.54, 1.807) is 13.8 Å². The number of benzene rings is 1. The Labute approximate surface area is 156 Å². The van der Waals surface area contributed by atoms with Crippen LogP contribution in [0.4, 0.5) is 0 Å². The van der Waals surface area contributed by atoms with Crippen LogP contribution in [0.1, 0.15) is 25.8 Å². The summed E-state index contributed by atoms with van der Waals surface area (Å²) >= 11 is 8.18. The van der Waals surface area contributed by atoms with Crippen LogP contribution in [0, 0.1) is 3.57 Å². The molecule has 132 valence electrons. The lowest BCUT2D eigenvalue weighted by atomic mass is 10.2. The summed E-state index contributed by atoms with van der Waals surface area (Å²) in [5.74, 6) is 0. The minimum atomic E-state index is -3.47. The molecule has 2 N–H and O–H groups in total. The molecule has 1 atom stereocenters. The Morgan fingerprint density at radius 2 is 2.00 bits per heavy atom. The van der Waals surface area contributed by atoms with E-state index in [1.807, 2.05) is 18.2 Å². The van der Waals surface area contributed by atoms with Crippen molar-refractivity contribution in [3.05, 3.63) is 32.4 Å². The molecule has 8 heteroatoms. The van der Waals surface area contributed by atoms with Crippen molar-refractivity contribution in [2.24, 2.45) is 0 Å². The highest BCUT2D eigenvalue weighted by Crippen LogP contribution is 2.47. The molecule has 0 amide bonds. The Bertz CT molecular complexity index is 526. The van der Waals surface area contributed by atoms with Gasteiger partial charge in [0.05, 0.1) is 5.02 Å². The van der Waals surface area contributed by atoms with E-state index in [1.165, 1.54) is 0 Å². The molecule has 5 nitrogen and oxygen atoms in total. The van der Waals surface area contributed by atoms with Gasteiger partial charge in [-0.25, -0.2) is 0 Å². The molecule has 0 aliphatic heterocycles. The van der Waals surface area contributed by atoms with E-state index in [0.29, 0.717) is 32.7 Å². The molecule has 0 radical (unpaired) electrons. The van der Waals surface area contributed by atoms with Gasteiger partial charge in [-0.05, 0) is 67.1 Å². The highest BCUT2D eigenvalue weighted by molar-refractivity contribution is 14.1. The molecule has 0 aliphatic rings. The van der Waals surface area contributed by atoms with Crippen molar-refractivity contribution < 1.29 is 18.9 Å². The van der Waals surface area contributed by atoms with Crippen molar-refractivity contribution in [3.63, 3.8) is 0 Å². The van der Waals surface area contributed by atoms with Crippen molar-refractivity contribution in [2.45, 2.75) is 32.8 Å². The predicted octanol–water partition coefficient (Wildman–Crippen LogP) is 4.05. The zero-order valence-electron chi connectivity index (χ0n) is 13.4. The number of halogens is 2. The maximum atomic E-state index is 12.3. The zero-order chi connectivity index (χ0) is 17.3. The molecule has 0 fully saturated rings. The molecule has 1 aromatic rings. The van der Waals surface area contributed by atoms with E-state index < -0.39 is 13.4 Å². The van der Waals surface area contributed by atoms with E-state index in [4.69, 9.17) is 21.1 Å². The normalized spacial score (nSPS) is 14.2. The summed E-state index contributed by atoms with van der Waals surface area (Å²) in [6.45, 7) is 5.60. The van der Waals surface area contributed by atoms with Gasteiger partial charge in [-0.15, -0.1) is 0 Å². The fourth-order valence-corrected chi connectivity index (χ4v) is 4.27. The van der Waals surface area contributed by atoms with Gasteiger partial charge in [-0.3, -0.25) is 4.57 Å². The van der Waals surface area contributed by atoms with Gasteiger partial charge in [0.25, 0.3) is 7.37 Å².